The summed E-state index contributed by atoms with van der Waals surface area (Å²) in [5.41, 5.74) is 10.9. The largest absolute Gasteiger partial charge is 0.328 e. The molecule has 4 heteroatoms. The summed E-state index contributed by atoms with van der Waals surface area (Å²) in [6.45, 7) is 25.8. The molecule has 2 N–H and O–H groups in total. The first kappa shape index (κ1) is 50.0. The molecule has 0 bridgehead atoms. The Labute approximate surface area is 287 Å². The molecule has 0 aromatic carbocycles. The van der Waals surface area contributed by atoms with E-state index in [1.54, 1.807) is 0 Å². The van der Waals surface area contributed by atoms with Crippen molar-refractivity contribution >= 4 is 18.8 Å². The number of alkyl halides is 1. The Morgan fingerprint density at radius 2 is 1.58 bits per heavy atom. The van der Waals surface area contributed by atoms with Crippen molar-refractivity contribution in [2.45, 2.75) is 166 Å². The summed E-state index contributed by atoms with van der Waals surface area (Å²) in [4.78, 5) is 5.50. The third kappa shape index (κ3) is 26.0. The molecule has 0 saturated carbocycles. The number of terminal acetylenes is 1. The molecular formula is C41H75FN2S. The van der Waals surface area contributed by atoms with Crippen molar-refractivity contribution in [1.82, 2.24) is 0 Å². The molecule has 0 aromatic rings. The lowest BCUT2D eigenvalue weighted by molar-refractivity contribution is 0.189. The molecule has 0 fully saturated rings. The maximum Gasteiger partial charge on any atom is 0.107 e. The number of nitrogens with two attached hydrogens (primary N) is 1. The number of allylic oxidation sites excluding steroid dienone is 9. The van der Waals surface area contributed by atoms with Gasteiger partial charge in [0.05, 0.1) is 0 Å². The number of unbranched alkanes of at least 4 members (excludes halogenated alkanes) is 1. The normalized spacial score (nSPS) is 20.7. The van der Waals surface area contributed by atoms with E-state index in [4.69, 9.17) is 5.73 Å². The fraction of sp³-hybridized carbons (Fsp3) is 0.683. The average molecular weight is 647 g/mol. The lowest BCUT2D eigenvalue weighted by Gasteiger charge is -2.31. The maximum absolute atomic E-state index is 14.3. The molecule has 0 aliphatic heterocycles. The van der Waals surface area contributed by atoms with Crippen molar-refractivity contribution in [2.24, 2.45) is 22.6 Å². The highest BCUT2D eigenvalue weighted by atomic mass is 32.1. The fourth-order valence-corrected chi connectivity index (χ4v) is 4.99. The molecule has 0 saturated heterocycles. The Balaban J connectivity index is -0.000000279. The van der Waals surface area contributed by atoms with Gasteiger partial charge in [-0.2, -0.15) is 0 Å². The molecule has 0 spiro atoms. The van der Waals surface area contributed by atoms with Crippen molar-refractivity contribution < 1.29 is 4.39 Å². The molecule has 3 aliphatic rings. The van der Waals surface area contributed by atoms with E-state index in [-0.39, 0.29) is 5.92 Å². The van der Waals surface area contributed by atoms with Crippen LogP contribution >= 0.6 is 12.6 Å². The molecule has 45 heavy (non-hydrogen) atoms. The Kier molecular flexibility index (Phi) is 40.7. The second-order valence-corrected chi connectivity index (χ2v) is 11.6. The highest BCUT2D eigenvalue weighted by molar-refractivity contribution is 7.84. The number of halogens is 1. The lowest BCUT2D eigenvalue weighted by atomic mass is 9.76. The lowest BCUT2D eigenvalue weighted by Crippen LogP contribution is -2.27. The van der Waals surface area contributed by atoms with Gasteiger partial charge in [-0.25, -0.2) is 4.39 Å². The molecule has 4 atom stereocenters. The van der Waals surface area contributed by atoms with Crippen LogP contribution < -0.4 is 5.73 Å². The van der Waals surface area contributed by atoms with Gasteiger partial charge < -0.3 is 5.73 Å². The minimum absolute atomic E-state index is 0.0789. The number of hydrogen-bond acceptors (Lipinski definition) is 3. The van der Waals surface area contributed by atoms with E-state index in [0.29, 0.717) is 18.4 Å². The topological polar surface area (TPSA) is 38.4 Å². The molecule has 3 aliphatic carbocycles. The van der Waals surface area contributed by atoms with Crippen LogP contribution in [0.3, 0.4) is 0 Å². The molecule has 0 amide bonds. The molecule has 3 rings (SSSR count). The zero-order chi connectivity index (χ0) is 35.6. The third-order valence-corrected chi connectivity index (χ3v) is 7.94. The SMILES string of the molecule is C#C.CC.CC.CC1=C(S)C=CCC1.CCC.CCCCC(N)CC.CCN=CC1=C(C)C=CC(C2C(C)=CCCC2F)CC1. The summed E-state index contributed by atoms with van der Waals surface area (Å²) in [6, 6.07) is 0.454. The second kappa shape index (κ2) is 36.6. The van der Waals surface area contributed by atoms with Crippen molar-refractivity contribution in [2.75, 3.05) is 6.54 Å². The Morgan fingerprint density at radius 3 is 2.02 bits per heavy atom. The van der Waals surface area contributed by atoms with Crippen molar-refractivity contribution in [3.8, 4) is 12.8 Å². The van der Waals surface area contributed by atoms with Gasteiger partial charge in [-0.1, -0.05) is 116 Å². The summed E-state index contributed by atoms with van der Waals surface area (Å²) in [7, 11) is 0. The molecule has 4 unspecified atom stereocenters. The number of rotatable bonds is 7. The van der Waals surface area contributed by atoms with Crippen LogP contribution in [0.2, 0.25) is 0 Å². The number of nitrogens with zero attached hydrogens (tertiary/aromatic N) is 1. The van der Waals surface area contributed by atoms with Crippen LogP contribution in [0.4, 0.5) is 4.39 Å². The van der Waals surface area contributed by atoms with Crippen molar-refractivity contribution in [1.29, 1.82) is 0 Å². The van der Waals surface area contributed by atoms with E-state index in [0.717, 1.165) is 37.1 Å². The predicted octanol–water partition coefficient (Wildman–Crippen LogP) is 13.2. The summed E-state index contributed by atoms with van der Waals surface area (Å²) in [6.07, 6.45) is 32.3. The smallest absolute Gasteiger partial charge is 0.107 e. The van der Waals surface area contributed by atoms with Gasteiger partial charge >= 0.3 is 0 Å². The van der Waals surface area contributed by atoms with Gasteiger partial charge in [0.1, 0.15) is 6.17 Å². The van der Waals surface area contributed by atoms with E-state index < -0.39 is 6.17 Å². The fourth-order valence-electron chi connectivity index (χ4n) is 4.77. The van der Waals surface area contributed by atoms with E-state index >= 15 is 0 Å². The molecule has 0 heterocycles. The van der Waals surface area contributed by atoms with Crippen LogP contribution in [0, 0.1) is 24.7 Å². The van der Waals surface area contributed by atoms with Crippen molar-refractivity contribution in [3.63, 3.8) is 0 Å². The number of thiol groups is 1. The van der Waals surface area contributed by atoms with Gasteiger partial charge in [0, 0.05) is 29.6 Å². The van der Waals surface area contributed by atoms with Crippen LogP contribution in [-0.2, 0) is 0 Å². The predicted molar refractivity (Wildman–Crippen MR) is 211 cm³/mol. The summed E-state index contributed by atoms with van der Waals surface area (Å²) in [5.74, 6) is 0.402. The van der Waals surface area contributed by atoms with Crippen LogP contribution in [-0.4, -0.2) is 25.0 Å². The first-order chi connectivity index (χ1) is 21.7. The maximum atomic E-state index is 14.3. The minimum atomic E-state index is -0.680. The first-order valence-corrected chi connectivity index (χ1v) is 18.4. The Bertz CT molecular complexity index is 875. The van der Waals surface area contributed by atoms with Gasteiger partial charge in [-0.15, -0.1) is 25.5 Å². The first-order valence-electron chi connectivity index (χ1n) is 18.0. The molecule has 0 radical (unpaired) electrons. The quantitative estimate of drug-likeness (QED) is 0.123. The zero-order valence-electron chi connectivity index (χ0n) is 31.8. The Hall–Kier alpha value is -1.83. The van der Waals surface area contributed by atoms with Gasteiger partial charge in [-0.3, -0.25) is 4.99 Å². The highest BCUT2D eigenvalue weighted by Gasteiger charge is 2.32. The zero-order valence-corrected chi connectivity index (χ0v) is 32.7. The average Bonchev–Trinajstić information content (AvgIpc) is 3.25. The van der Waals surface area contributed by atoms with Crippen LogP contribution in [0.5, 0.6) is 0 Å². The molecule has 0 aromatic heterocycles. The minimum Gasteiger partial charge on any atom is -0.328 e. The van der Waals surface area contributed by atoms with Crippen LogP contribution in [0.15, 0.2) is 62.6 Å². The van der Waals surface area contributed by atoms with Gasteiger partial charge in [0.25, 0.3) is 0 Å². The molecular weight excluding hydrogens is 572 g/mol. The van der Waals surface area contributed by atoms with Crippen molar-refractivity contribution in [3.05, 3.63) is 57.6 Å². The molecule has 262 valence electrons. The summed E-state index contributed by atoms with van der Waals surface area (Å²) in [5, 5.41) is 0. The van der Waals surface area contributed by atoms with E-state index in [9.17, 15) is 4.39 Å². The van der Waals surface area contributed by atoms with Gasteiger partial charge in [0.15, 0.2) is 0 Å². The standard InChI is InChI=1S/C18H26FN.C7H17N.C7H10S.C3H8.2C2H6.C2H2/c1-4-20-12-16-11-10-15(9-8-13(16)2)18-14(3)6-5-7-17(18)19;1-3-5-6-7(8)4-2;1-6-4-2-3-5-7(6)8;1-3-2;3*1-2/h6,8-9,12,15,17-18H,4-5,7,10-11H2,1-3H3;7H,3-6,8H2,1-2H3;3,5,8H,2,4H2,1H3;3H2,1-2H3;2*1-2H3;1-2H. The number of aliphatic imine (C=N–C) groups is 1. The van der Waals surface area contributed by atoms with E-state index in [1.807, 2.05) is 40.8 Å². The van der Waals surface area contributed by atoms with E-state index in [2.05, 4.69) is 109 Å². The monoisotopic (exact) mass is 647 g/mol. The number of hydrogen-bond donors (Lipinski definition) is 2. The van der Waals surface area contributed by atoms with Gasteiger partial charge in [-0.05, 0) is 96.1 Å². The van der Waals surface area contributed by atoms with E-state index in [1.165, 1.54) is 60.8 Å². The van der Waals surface area contributed by atoms with Crippen LogP contribution in [0.1, 0.15) is 154 Å². The molecule has 2 nitrogen and oxygen atoms in total. The Morgan fingerprint density at radius 1 is 0.978 bits per heavy atom. The van der Waals surface area contributed by atoms with Gasteiger partial charge in [0.2, 0.25) is 0 Å². The summed E-state index contributed by atoms with van der Waals surface area (Å²) < 4.78 is 14.3. The van der Waals surface area contributed by atoms with Crippen LogP contribution in [0.25, 0.3) is 0 Å². The third-order valence-electron chi connectivity index (χ3n) is 7.41. The highest BCUT2D eigenvalue weighted by Crippen LogP contribution is 2.38. The summed E-state index contributed by atoms with van der Waals surface area (Å²) >= 11 is 4.25. The second-order valence-electron chi connectivity index (χ2n) is 11.1.